The molecular formula is C23H26ClFN6O3. The number of ketones is 1. The molecule has 0 unspecified atom stereocenters. The zero-order valence-electron chi connectivity index (χ0n) is 18.9. The molecule has 0 bridgehead atoms. The van der Waals surface area contributed by atoms with Crippen LogP contribution in [0.3, 0.4) is 0 Å². The highest BCUT2D eigenvalue weighted by atomic mass is 35.5. The van der Waals surface area contributed by atoms with Gasteiger partial charge in [0.05, 0.1) is 16.8 Å². The van der Waals surface area contributed by atoms with E-state index in [-0.39, 0.29) is 22.0 Å². The maximum atomic E-state index is 13.7. The van der Waals surface area contributed by atoms with Crippen LogP contribution in [0.15, 0.2) is 30.1 Å². The lowest BCUT2D eigenvalue weighted by atomic mass is 10.0. The van der Waals surface area contributed by atoms with Gasteiger partial charge < -0.3 is 26.4 Å². The summed E-state index contributed by atoms with van der Waals surface area (Å²) in [4.78, 5) is 39.3. The van der Waals surface area contributed by atoms with Gasteiger partial charge in [-0.3, -0.25) is 14.4 Å². The fourth-order valence-corrected chi connectivity index (χ4v) is 4.64. The van der Waals surface area contributed by atoms with Gasteiger partial charge in [-0.2, -0.15) is 0 Å². The summed E-state index contributed by atoms with van der Waals surface area (Å²) in [5.41, 5.74) is 13.0. The number of hydrogen-bond acceptors (Lipinski definition) is 6. The lowest BCUT2D eigenvalue weighted by Crippen LogP contribution is -2.45. The molecule has 0 saturated heterocycles. The van der Waals surface area contributed by atoms with Crippen LogP contribution in [0.25, 0.3) is 0 Å². The number of amides is 2. The van der Waals surface area contributed by atoms with Crippen molar-refractivity contribution in [1.29, 1.82) is 0 Å². The first-order valence-corrected chi connectivity index (χ1v) is 11.3. The Hall–Kier alpha value is -3.37. The second kappa shape index (κ2) is 9.11. The summed E-state index contributed by atoms with van der Waals surface area (Å²) in [5, 5.41) is 5.56. The van der Waals surface area contributed by atoms with E-state index in [0.29, 0.717) is 42.8 Å². The summed E-state index contributed by atoms with van der Waals surface area (Å²) in [6.45, 7) is 2.17. The molecule has 9 nitrogen and oxygen atoms in total. The Morgan fingerprint density at radius 1 is 1.24 bits per heavy atom. The number of fused-ring (bicyclic) bond motifs is 1. The Morgan fingerprint density at radius 2 is 1.97 bits per heavy atom. The normalized spacial score (nSPS) is 16.1. The van der Waals surface area contributed by atoms with Crippen molar-refractivity contribution in [3.63, 3.8) is 0 Å². The molecule has 1 fully saturated rings. The lowest BCUT2D eigenvalue weighted by molar-refractivity contribution is -0.117. The number of aromatic nitrogens is 1. The van der Waals surface area contributed by atoms with Gasteiger partial charge in [-0.25, -0.2) is 9.82 Å². The first-order valence-electron chi connectivity index (χ1n) is 10.9. The second-order valence-electron chi connectivity index (χ2n) is 8.52. The molecule has 4 rings (SSSR count). The number of nitrogens with one attached hydrogen (secondary N) is 4. The average Bonchev–Trinajstić information content (AvgIpc) is 3.30. The maximum absolute atomic E-state index is 13.7. The summed E-state index contributed by atoms with van der Waals surface area (Å²) < 4.78 is 15.4. The van der Waals surface area contributed by atoms with Crippen molar-refractivity contribution in [2.24, 2.45) is 5.73 Å². The monoisotopic (exact) mass is 488 g/mol. The van der Waals surface area contributed by atoms with E-state index in [2.05, 4.69) is 21.5 Å². The third-order valence-electron chi connectivity index (χ3n) is 6.21. The minimum absolute atomic E-state index is 0.146. The van der Waals surface area contributed by atoms with Gasteiger partial charge in [0, 0.05) is 36.2 Å². The first kappa shape index (κ1) is 23.8. The van der Waals surface area contributed by atoms with Crippen LogP contribution in [0.1, 0.15) is 51.4 Å². The van der Waals surface area contributed by atoms with Crippen LogP contribution in [0.2, 0.25) is 5.02 Å². The van der Waals surface area contributed by atoms with Gasteiger partial charge in [-0.05, 0) is 56.4 Å². The topological polar surface area (TPSA) is 130 Å². The van der Waals surface area contributed by atoms with E-state index < -0.39 is 29.0 Å². The number of carbonyl (C=O) groups is 3. The molecule has 2 amide bonds. The Labute approximate surface area is 200 Å². The number of benzene rings is 1. The zero-order chi connectivity index (χ0) is 24.6. The minimum Gasteiger partial charge on any atom is -0.399 e. The van der Waals surface area contributed by atoms with Crippen LogP contribution in [0.4, 0.5) is 10.1 Å². The molecule has 1 aromatic carbocycles. The molecule has 1 aliphatic carbocycles. The maximum Gasteiger partial charge on any atom is 0.293 e. The standard InChI is InChI=1S/C23H26ClFN6O3/c1-12-18(20(32)22(34)30-23(5-6-23)17(26)11-28-27-2)16-4-3-7-31(16)19(12)21(33)29-15-9-13(24)8-14(25)10-15/h8-11,27-28H,3-7,26H2,1-2H3,(H,29,33)(H,30,34)/b17-11-. The highest BCUT2D eigenvalue weighted by Crippen LogP contribution is 2.40. The molecule has 0 spiro atoms. The Bertz CT molecular complexity index is 1200. The number of Topliss-reactive ketones (excluding diaryl/α,β-unsaturated/α-hetero) is 1. The Balaban J connectivity index is 1.60. The van der Waals surface area contributed by atoms with Crippen molar-refractivity contribution >= 4 is 34.9 Å². The highest BCUT2D eigenvalue weighted by molar-refractivity contribution is 6.44. The van der Waals surface area contributed by atoms with Gasteiger partial charge in [0.25, 0.3) is 17.6 Å². The summed E-state index contributed by atoms with van der Waals surface area (Å²) >= 11 is 5.89. The van der Waals surface area contributed by atoms with Crippen LogP contribution in [0, 0.1) is 12.7 Å². The van der Waals surface area contributed by atoms with Crippen LogP contribution >= 0.6 is 11.6 Å². The molecule has 2 heterocycles. The van der Waals surface area contributed by atoms with E-state index in [0.717, 1.165) is 18.6 Å². The molecule has 0 atom stereocenters. The fraction of sp³-hybridized carbons (Fsp3) is 0.348. The number of anilines is 1. The van der Waals surface area contributed by atoms with Gasteiger partial charge in [0.15, 0.2) is 0 Å². The summed E-state index contributed by atoms with van der Waals surface area (Å²) in [6.07, 6.45) is 4.08. The third kappa shape index (κ3) is 4.38. The third-order valence-corrected chi connectivity index (χ3v) is 6.42. The van der Waals surface area contributed by atoms with E-state index in [1.807, 2.05) is 0 Å². The largest absolute Gasteiger partial charge is 0.399 e. The highest BCUT2D eigenvalue weighted by Gasteiger charge is 2.48. The lowest BCUT2D eigenvalue weighted by Gasteiger charge is -2.18. The van der Waals surface area contributed by atoms with Crippen molar-refractivity contribution < 1.29 is 18.8 Å². The predicted molar refractivity (Wildman–Crippen MR) is 126 cm³/mol. The fourth-order valence-electron chi connectivity index (χ4n) is 4.42. The van der Waals surface area contributed by atoms with E-state index in [1.165, 1.54) is 6.07 Å². The number of carbonyl (C=O) groups excluding carboxylic acids is 3. The number of hydrazine groups is 1. The van der Waals surface area contributed by atoms with Crippen LogP contribution in [-0.4, -0.2) is 34.8 Å². The summed E-state index contributed by atoms with van der Waals surface area (Å²) in [6, 6.07) is 3.72. The van der Waals surface area contributed by atoms with Crippen LogP contribution in [-0.2, 0) is 17.8 Å². The number of rotatable bonds is 8. The number of hydrogen-bond donors (Lipinski definition) is 5. The van der Waals surface area contributed by atoms with Crippen molar-refractivity contribution in [1.82, 2.24) is 20.7 Å². The van der Waals surface area contributed by atoms with Crippen molar-refractivity contribution in [2.75, 3.05) is 12.4 Å². The summed E-state index contributed by atoms with van der Waals surface area (Å²) in [7, 11) is 1.68. The molecule has 1 aromatic heterocycles. The SMILES string of the molecule is CNN/C=C(\N)C1(NC(=O)C(=O)c2c(C)c(C(=O)Nc3cc(F)cc(Cl)c3)n3c2CCC3)CC1. The number of halogens is 2. The van der Waals surface area contributed by atoms with E-state index in [1.54, 1.807) is 24.7 Å². The molecular weight excluding hydrogens is 463 g/mol. The van der Waals surface area contributed by atoms with Crippen LogP contribution in [0.5, 0.6) is 0 Å². The van der Waals surface area contributed by atoms with Gasteiger partial charge in [0.1, 0.15) is 11.5 Å². The average molecular weight is 489 g/mol. The molecule has 1 saturated carbocycles. The molecule has 2 aromatic rings. The van der Waals surface area contributed by atoms with Gasteiger partial charge in [0.2, 0.25) is 0 Å². The smallest absolute Gasteiger partial charge is 0.293 e. The number of nitrogens with zero attached hydrogens (tertiary/aromatic N) is 1. The molecule has 2 aliphatic rings. The van der Waals surface area contributed by atoms with Gasteiger partial charge in [-0.15, -0.1) is 0 Å². The Morgan fingerprint density at radius 3 is 2.62 bits per heavy atom. The van der Waals surface area contributed by atoms with E-state index >= 15 is 0 Å². The molecule has 1 aliphatic heterocycles. The van der Waals surface area contributed by atoms with Crippen molar-refractivity contribution in [3.05, 3.63) is 63.5 Å². The Kier molecular flexibility index (Phi) is 6.37. The van der Waals surface area contributed by atoms with Crippen molar-refractivity contribution in [2.45, 2.75) is 44.7 Å². The quantitative estimate of drug-likeness (QED) is 0.220. The minimum atomic E-state index is -0.773. The van der Waals surface area contributed by atoms with E-state index in [4.69, 9.17) is 17.3 Å². The molecule has 180 valence electrons. The summed E-state index contributed by atoms with van der Waals surface area (Å²) in [5.74, 6) is -2.58. The zero-order valence-corrected chi connectivity index (χ0v) is 19.6. The van der Waals surface area contributed by atoms with Gasteiger partial charge in [-0.1, -0.05) is 11.6 Å². The van der Waals surface area contributed by atoms with E-state index in [9.17, 15) is 18.8 Å². The molecule has 0 radical (unpaired) electrons. The molecule has 34 heavy (non-hydrogen) atoms. The molecule has 11 heteroatoms. The number of nitrogens with two attached hydrogens (primary N) is 1. The van der Waals surface area contributed by atoms with Crippen LogP contribution < -0.4 is 27.2 Å². The van der Waals surface area contributed by atoms with Crippen molar-refractivity contribution in [3.8, 4) is 0 Å². The second-order valence-corrected chi connectivity index (χ2v) is 8.96. The van der Waals surface area contributed by atoms with Gasteiger partial charge >= 0.3 is 0 Å². The first-order chi connectivity index (χ1) is 16.2. The molecule has 6 N–H and O–H groups in total. The predicted octanol–water partition coefficient (Wildman–Crippen LogP) is 2.14.